The lowest BCUT2D eigenvalue weighted by molar-refractivity contribution is 1.32. The second-order valence-electron chi connectivity index (χ2n) is 2.62. The molecule has 0 aromatic carbocycles. The molecule has 2 aromatic heterocycles. The van der Waals surface area contributed by atoms with Gasteiger partial charge in [0.05, 0.1) is 0 Å². The van der Waals surface area contributed by atoms with E-state index in [0.29, 0.717) is 0 Å². The number of pyridine rings is 2. The molecule has 2 heterocycles. The minimum absolute atomic E-state index is 0.219. The Morgan fingerprint density at radius 3 is 2.92 bits per heavy atom. The van der Waals surface area contributed by atoms with E-state index >= 15 is 0 Å². The van der Waals surface area contributed by atoms with Gasteiger partial charge in [0.25, 0.3) is 0 Å². The van der Waals surface area contributed by atoms with Crippen LogP contribution in [0.25, 0.3) is 11.0 Å². The van der Waals surface area contributed by atoms with Gasteiger partial charge in [-0.25, -0.2) is 25.3 Å². The molecule has 63 valence electrons. The van der Waals surface area contributed by atoms with Crippen LogP contribution in [0, 0.1) is 0 Å². The topological polar surface area (TPSA) is 51.8 Å². The number of hydrogen-bond donors (Lipinski definition) is 1. The van der Waals surface area contributed by atoms with Crippen molar-refractivity contribution in [2.45, 2.75) is 0 Å². The van der Waals surface area contributed by atoms with Crippen LogP contribution in [0.5, 0.6) is 0 Å². The van der Waals surface area contributed by atoms with Crippen molar-refractivity contribution >= 4 is 53.5 Å². The third-order valence-electron chi connectivity index (χ3n) is 1.77. The van der Waals surface area contributed by atoms with Gasteiger partial charge in [0, 0.05) is 17.3 Å². The van der Waals surface area contributed by atoms with Gasteiger partial charge in [-0.1, -0.05) is 6.07 Å². The van der Waals surface area contributed by atoms with E-state index in [1.165, 1.54) is 0 Å². The van der Waals surface area contributed by atoms with E-state index in [2.05, 4.69) is 30.2 Å². The molecule has 1 radical (unpaired) electrons. The number of halogens is 1. The highest BCUT2D eigenvalue weighted by molar-refractivity contribution is 14.1. The summed E-state index contributed by atoms with van der Waals surface area (Å²) in [6, 6.07) is 5.80. The number of nitrogen functional groups attached to an aromatic ring is 1. The molecule has 0 spiro atoms. The fourth-order valence-corrected chi connectivity index (χ4v) is 2.51. The molecule has 0 fully saturated rings. The third-order valence-corrected chi connectivity index (χ3v) is 4.23. The Balaban J connectivity index is 2.72. The Kier molecular flexibility index (Phi) is 2.67. The summed E-state index contributed by atoms with van der Waals surface area (Å²) in [5, 5.41) is 0.940. The molecule has 0 unspecified atom stereocenters. The zero-order valence-corrected chi connectivity index (χ0v) is 10.0. The molecular formula is C8H6AlIN3. The Morgan fingerprint density at radius 2 is 2.15 bits per heavy atom. The number of aromatic nitrogens is 2. The van der Waals surface area contributed by atoms with Crippen LogP contribution in [-0.2, 0) is 0 Å². The van der Waals surface area contributed by atoms with Crippen molar-refractivity contribution < 1.29 is 0 Å². The summed E-state index contributed by atoms with van der Waals surface area (Å²) in [6.07, 6.45) is 1.69. The first-order chi connectivity index (χ1) is 6.31. The first-order valence-electron chi connectivity index (χ1n) is 3.76. The van der Waals surface area contributed by atoms with Gasteiger partial charge in [-0.3, -0.25) is 4.98 Å². The monoisotopic (exact) mass is 298 g/mol. The van der Waals surface area contributed by atoms with Crippen LogP contribution in [0.15, 0.2) is 24.4 Å². The minimum atomic E-state index is 0.219. The zero-order valence-electron chi connectivity index (χ0n) is 6.74. The maximum Gasteiger partial charge on any atom is 0.387 e. The van der Waals surface area contributed by atoms with Crippen molar-refractivity contribution in [3.8, 4) is 0 Å². The molecule has 3 nitrogen and oxygen atoms in total. The van der Waals surface area contributed by atoms with Gasteiger partial charge in [-0.2, -0.15) is 0 Å². The molecule has 2 aromatic rings. The Bertz CT molecular complexity index is 446. The largest absolute Gasteiger partial charge is 0.398 e. The molecule has 2 rings (SSSR count). The Hall–Kier alpha value is -0.378. The van der Waals surface area contributed by atoms with Crippen molar-refractivity contribution in [3.63, 3.8) is 0 Å². The van der Waals surface area contributed by atoms with E-state index in [9.17, 15) is 0 Å². The van der Waals surface area contributed by atoms with E-state index in [1.807, 2.05) is 12.1 Å². The molecule has 5 heteroatoms. The molecular weight excluding hydrogens is 292 g/mol. The maximum atomic E-state index is 5.77. The van der Waals surface area contributed by atoms with E-state index in [0.717, 1.165) is 21.3 Å². The second-order valence-corrected chi connectivity index (χ2v) is 5.29. The van der Waals surface area contributed by atoms with Crippen molar-refractivity contribution in [1.29, 1.82) is 0 Å². The highest BCUT2D eigenvalue weighted by atomic mass is 127. The maximum absolute atomic E-state index is 5.77. The first-order valence-corrected chi connectivity index (χ1v) is 8.51. The lowest BCUT2D eigenvalue weighted by atomic mass is 10.2. The smallest absolute Gasteiger partial charge is 0.387 e. The van der Waals surface area contributed by atoms with Crippen molar-refractivity contribution in [2.75, 3.05) is 5.73 Å². The molecule has 2 N–H and O–H groups in total. The molecule has 0 saturated carbocycles. The van der Waals surface area contributed by atoms with Gasteiger partial charge in [-0.15, -0.1) is 0 Å². The summed E-state index contributed by atoms with van der Waals surface area (Å²) in [5.74, 6) is 0. The summed E-state index contributed by atoms with van der Waals surface area (Å²) in [6.45, 7) is 0. The summed E-state index contributed by atoms with van der Waals surface area (Å²) >= 11 is 2.57. The molecule has 0 aliphatic rings. The van der Waals surface area contributed by atoms with E-state index in [1.54, 1.807) is 12.3 Å². The summed E-state index contributed by atoms with van der Waals surface area (Å²) in [7, 11) is 0. The van der Waals surface area contributed by atoms with Crippen molar-refractivity contribution in [1.82, 2.24) is 9.97 Å². The molecule has 0 amide bonds. The van der Waals surface area contributed by atoms with Crippen LogP contribution in [0.4, 0.5) is 5.69 Å². The fraction of sp³-hybridized carbons (Fsp3) is 0. The number of nitrogens with zero attached hydrogens (tertiary/aromatic N) is 2. The average Bonchev–Trinajstić information content (AvgIpc) is 2.18. The van der Waals surface area contributed by atoms with Crippen LogP contribution in [0.3, 0.4) is 0 Å². The van der Waals surface area contributed by atoms with Gasteiger partial charge in [0.1, 0.15) is 0 Å². The lowest BCUT2D eigenvalue weighted by Crippen LogP contribution is -2.13. The summed E-state index contributed by atoms with van der Waals surface area (Å²) in [5.41, 5.74) is 7.27. The molecule has 0 aliphatic carbocycles. The van der Waals surface area contributed by atoms with E-state index in [4.69, 9.17) is 5.73 Å². The number of rotatable bonds is 1. The van der Waals surface area contributed by atoms with Crippen LogP contribution >= 0.6 is 20.3 Å². The first kappa shape index (κ1) is 9.19. The average molecular weight is 298 g/mol. The van der Waals surface area contributed by atoms with Crippen LogP contribution in [-0.4, -0.2) is 21.9 Å². The van der Waals surface area contributed by atoms with Crippen LogP contribution < -0.4 is 10.3 Å². The quantitative estimate of drug-likeness (QED) is 0.628. The SMILES string of the molecule is Nc1ccnc2n[c]([Al][I])ccc12. The second kappa shape index (κ2) is 3.78. The van der Waals surface area contributed by atoms with Gasteiger partial charge in [0.2, 0.25) is 0 Å². The lowest BCUT2D eigenvalue weighted by Gasteiger charge is -2.01. The van der Waals surface area contributed by atoms with Gasteiger partial charge >= 0.3 is 11.9 Å². The fourth-order valence-electron chi connectivity index (χ4n) is 1.13. The Labute approximate surface area is 93.1 Å². The highest BCUT2D eigenvalue weighted by Gasteiger charge is 2.01. The van der Waals surface area contributed by atoms with Crippen LogP contribution in [0.1, 0.15) is 0 Å². The van der Waals surface area contributed by atoms with Gasteiger partial charge in [0.15, 0.2) is 5.65 Å². The number of hydrogen-bond acceptors (Lipinski definition) is 3. The highest BCUT2D eigenvalue weighted by Crippen LogP contribution is 2.14. The Morgan fingerprint density at radius 1 is 1.31 bits per heavy atom. The van der Waals surface area contributed by atoms with E-state index < -0.39 is 0 Å². The minimum Gasteiger partial charge on any atom is -0.398 e. The summed E-state index contributed by atoms with van der Waals surface area (Å²) in [4.78, 5) is 8.56. The molecule has 0 bridgehead atoms. The molecule has 0 aliphatic heterocycles. The normalized spacial score (nSPS) is 10.2. The molecule has 0 saturated heterocycles. The molecule has 13 heavy (non-hydrogen) atoms. The number of nitrogens with two attached hydrogens (primary N) is 1. The number of anilines is 1. The van der Waals surface area contributed by atoms with Crippen molar-refractivity contribution in [2.24, 2.45) is 0 Å². The summed E-state index contributed by atoms with van der Waals surface area (Å²) < 4.78 is 1.12. The van der Waals surface area contributed by atoms with Gasteiger partial charge < -0.3 is 5.73 Å². The van der Waals surface area contributed by atoms with Crippen LogP contribution in [0.2, 0.25) is 0 Å². The number of fused-ring (bicyclic) bond motifs is 1. The predicted molar refractivity (Wildman–Crippen MR) is 63.4 cm³/mol. The van der Waals surface area contributed by atoms with Crippen molar-refractivity contribution in [3.05, 3.63) is 24.4 Å². The predicted octanol–water partition coefficient (Wildman–Crippen LogP) is 0.892. The van der Waals surface area contributed by atoms with Gasteiger partial charge in [-0.05, 0) is 16.7 Å². The zero-order chi connectivity index (χ0) is 9.26. The third kappa shape index (κ3) is 1.78. The van der Waals surface area contributed by atoms with E-state index in [-0.39, 0.29) is 11.9 Å². The molecule has 0 atom stereocenters. The standard InChI is InChI=1S/C8H6N3.Al.HI/c9-7-3-5-11-8-6(7)2-1-4-10-8;;/h1-3,5H,(H2,9,10,11);;1H/q;+1;/p-1.